The molecule has 0 fully saturated rings. The molecule has 0 aromatic heterocycles. The SMILES string of the molecule is CCCCCCCCCCCCCCCCCC(=O)O[C@H](COC(=O)CCCCCCCCCCCCCCCC)COP(=O)(O)OC[C@@H](O)COP(=O)(O)OC[C@@H](COC(=O)CCCCCCC)OC(=O)CCCCCCCCC. The van der Waals surface area contributed by atoms with Crippen molar-refractivity contribution in [3.05, 3.63) is 0 Å². The van der Waals surface area contributed by atoms with Crippen molar-refractivity contribution < 1.29 is 80.2 Å². The van der Waals surface area contributed by atoms with Crippen molar-refractivity contribution in [1.82, 2.24) is 0 Å². The molecule has 0 aliphatic heterocycles. The Balaban J connectivity index is 5.14. The Labute approximate surface area is 492 Å². The van der Waals surface area contributed by atoms with Gasteiger partial charge in [-0.2, -0.15) is 0 Å². The van der Waals surface area contributed by atoms with Gasteiger partial charge in [-0.05, 0) is 25.7 Å². The van der Waals surface area contributed by atoms with Crippen molar-refractivity contribution in [1.29, 1.82) is 0 Å². The summed E-state index contributed by atoms with van der Waals surface area (Å²) in [5.74, 6) is -2.15. The first-order valence-corrected chi connectivity index (χ1v) is 35.8. The van der Waals surface area contributed by atoms with Crippen LogP contribution in [-0.2, 0) is 65.4 Å². The highest BCUT2D eigenvalue weighted by Crippen LogP contribution is 2.45. The van der Waals surface area contributed by atoms with E-state index in [1.165, 1.54) is 128 Å². The van der Waals surface area contributed by atoms with Crippen LogP contribution < -0.4 is 0 Å². The van der Waals surface area contributed by atoms with E-state index in [-0.39, 0.29) is 25.7 Å². The number of aliphatic hydroxyl groups excluding tert-OH is 1. The highest BCUT2D eigenvalue weighted by atomic mass is 31.2. The van der Waals surface area contributed by atoms with Crippen LogP contribution in [0.2, 0.25) is 0 Å². The van der Waals surface area contributed by atoms with Crippen molar-refractivity contribution in [2.24, 2.45) is 0 Å². The molecule has 0 aliphatic rings. The van der Waals surface area contributed by atoms with Crippen LogP contribution in [-0.4, -0.2) is 96.7 Å². The molecule has 0 saturated carbocycles. The summed E-state index contributed by atoms with van der Waals surface area (Å²) in [6.45, 7) is 4.76. The Bertz CT molecular complexity index is 1570. The molecule has 81 heavy (non-hydrogen) atoms. The topological polar surface area (TPSA) is 237 Å². The summed E-state index contributed by atoms with van der Waals surface area (Å²) in [5, 5.41) is 10.5. The summed E-state index contributed by atoms with van der Waals surface area (Å²) < 4.78 is 67.6. The second-order valence-electron chi connectivity index (χ2n) is 22.4. The molecule has 19 heteroatoms. The van der Waals surface area contributed by atoms with Gasteiger partial charge in [-0.25, -0.2) is 9.13 Å². The maximum atomic E-state index is 13.0. The van der Waals surface area contributed by atoms with Gasteiger partial charge in [0.15, 0.2) is 12.2 Å². The molecule has 0 aromatic carbocycles. The van der Waals surface area contributed by atoms with Gasteiger partial charge < -0.3 is 33.8 Å². The van der Waals surface area contributed by atoms with Gasteiger partial charge in [0.25, 0.3) is 0 Å². The van der Waals surface area contributed by atoms with Crippen LogP contribution >= 0.6 is 15.6 Å². The molecule has 17 nitrogen and oxygen atoms in total. The molecule has 0 bridgehead atoms. The summed E-state index contributed by atoms with van der Waals surface area (Å²) in [6, 6.07) is 0. The molecule has 2 unspecified atom stereocenters. The van der Waals surface area contributed by atoms with Crippen LogP contribution in [0, 0.1) is 0 Å². The van der Waals surface area contributed by atoms with Crippen molar-refractivity contribution in [2.75, 3.05) is 39.6 Å². The van der Waals surface area contributed by atoms with Gasteiger partial charge in [0.1, 0.15) is 19.3 Å². The maximum absolute atomic E-state index is 13.0. The summed E-state index contributed by atoms with van der Waals surface area (Å²) >= 11 is 0. The molecule has 5 atom stereocenters. The largest absolute Gasteiger partial charge is 0.472 e. The number of phosphoric acid groups is 2. The van der Waals surface area contributed by atoms with Gasteiger partial charge in [-0.3, -0.25) is 37.3 Å². The molecule has 3 N–H and O–H groups in total. The molecule has 0 heterocycles. The Morgan fingerprint density at radius 1 is 0.296 bits per heavy atom. The number of aliphatic hydroxyl groups is 1. The number of ether oxygens (including phenoxy) is 4. The lowest BCUT2D eigenvalue weighted by atomic mass is 10.0. The number of carbonyl (C=O) groups excluding carboxylic acids is 4. The average molecular weight is 1200 g/mol. The fourth-order valence-corrected chi connectivity index (χ4v) is 10.9. The second kappa shape index (κ2) is 57.2. The van der Waals surface area contributed by atoms with Gasteiger partial charge in [0, 0.05) is 25.7 Å². The fraction of sp³-hybridized carbons (Fsp3) is 0.935. The van der Waals surface area contributed by atoms with E-state index < -0.39 is 97.5 Å². The van der Waals surface area contributed by atoms with Crippen LogP contribution in [0.15, 0.2) is 0 Å². The Hall–Kier alpha value is -1.94. The lowest BCUT2D eigenvalue weighted by Gasteiger charge is -2.21. The van der Waals surface area contributed by atoms with Gasteiger partial charge in [-0.1, -0.05) is 265 Å². The minimum Gasteiger partial charge on any atom is -0.462 e. The smallest absolute Gasteiger partial charge is 0.462 e. The molecule has 480 valence electrons. The maximum Gasteiger partial charge on any atom is 0.472 e. The van der Waals surface area contributed by atoms with Gasteiger partial charge >= 0.3 is 39.5 Å². The zero-order valence-electron chi connectivity index (χ0n) is 51.7. The second-order valence-corrected chi connectivity index (χ2v) is 25.4. The minimum absolute atomic E-state index is 0.103. The highest BCUT2D eigenvalue weighted by Gasteiger charge is 2.30. The van der Waals surface area contributed by atoms with E-state index in [4.69, 9.17) is 37.0 Å². The van der Waals surface area contributed by atoms with Gasteiger partial charge in [-0.15, -0.1) is 0 Å². The number of hydrogen-bond acceptors (Lipinski definition) is 15. The summed E-state index contributed by atoms with van der Waals surface area (Å²) in [6.07, 6.45) is 42.2. The van der Waals surface area contributed by atoms with Crippen molar-refractivity contribution in [3.8, 4) is 0 Å². The predicted octanol–water partition coefficient (Wildman–Crippen LogP) is 17.2. The predicted molar refractivity (Wildman–Crippen MR) is 322 cm³/mol. The van der Waals surface area contributed by atoms with Crippen molar-refractivity contribution in [3.63, 3.8) is 0 Å². The monoisotopic (exact) mass is 1200 g/mol. The normalized spacial score (nSPS) is 14.2. The summed E-state index contributed by atoms with van der Waals surface area (Å²) in [7, 11) is -9.87. The van der Waals surface area contributed by atoms with E-state index in [0.717, 1.165) is 109 Å². The standard InChI is InChI=1S/C62H120O17P2/c1-5-9-13-17-20-22-24-26-28-30-32-34-37-41-45-49-62(67)79-58(53-73-60(65)47-43-39-36-33-31-29-27-25-23-21-18-14-10-6-2)55-77-81(70,71)75-51-56(63)50-74-80(68,69)76-54-57(52-72-59(64)46-42-38-16-12-8-4)78-61(66)48-44-40-35-19-15-11-7-3/h56-58,63H,5-55H2,1-4H3,(H,68,69)(H,70,71)/t56-,57+,58+/m0/s1. The van der Waals surface area contributed by atoms with E-state index in [9.17, 15) is 43.2 Å². The van der Waals surface area contributed by atoms with E-state index in [2.05, 4.69) is 27.7 Å². The molecule has 0 aromatic rings. The van der Waals surface area contributed by atoms with Gasteiger partial charge in [0.05, 0.1) is 26.4 Å². The number of unbranched alkanes of at least 4 members (excludes halogenated alkanes) is 37. The molecule has 0 saturated heterocycles. The van der Waals surface area contributed by atoms with Crippen molar-refractivity contribution in [2.45, 2.75) is 335 Å². The number of phosphoric ester groups is 2. The lowest BCUT2D eigenvalue weighted by Crippen LogP contribution is -2.30. The van der Waals surface area contributed by atoms with Crippen LogP contribution in [0.4, 0.5) is 0 Å². The fourth-order valence-electron chi connectivity index (χ4n) is 9.28. The van der Waals surface area contributed by atoms with Crippen LogP contribution in [0.3, 0.4) is 0 Å². The third kappa shape index (κ3) is 56.9. The molecule has 0 aliphatic carbocycles. The zero-order chi connectivity index (χ0) is 59.8. The van der Waals surface area contributed by atoms with E-state index >= 15 is 0 Å². The number of hydrogen-bond donors (Lipinski definition) is 3. The van der Waals surface area contributed by atoms with Crippen molar-refractivity contribution >= 4 is 39.5 Å². The van der Waals surface area contributed by atoms with Crippen LogP contribution in [0.5, 0.6) is 0 Å². The first-order chi connectivity index (χ1) is 39.2. The van der Waals surface area contributed by atoms with Crippen LogP contribution in [0.1, 0.15) is 317 Å². The molecule has 0 amide bonds. The molecule has 0 radical (unpaired) electrons. The molecule has 0 spiro atoms. The lowest BCUT2D eigenvalue weighted by molar-refractivity contribution is -0.161. The van der Waals surface area contributed by atoms with E-state index in [1.54, 1.807) is 0 Å². The molecule has 0 rings (SSSR count). The first kappa shape index (κ1) is 79.1. The van der Waals surface area contributed by atoms with Crippen LogP contribution in [0.25, 0.3) is 0 Å². The minimum atomic E-state index is -4.94. The van der Waals surface area contributed by atoms with E-state index in [0.29, 0.717) is 25.7 Å². The quantitative estimate of drug-likeness (QED) is 0.0222. The van der Waals surface area contributed by atoms with E-state index in [1.807, 2.05) is 0 Å². The zero-order valence-corrected chi connectivity index (χ0v) is 53.5. The Morgan fingerprint density at radius 2 is 0.494 bits per heavy atom. The Kier molecular flexibility index (Phi) is 55.8. The highest BCUT2D eigenvalue weighted by molar-refractivity contribution is 7.47. The molecular formula is C62H120O17P2. The summed E-state index contributed by atoms with van der Waals surface area (Å²) in [4.78, 5) is 71.8. The number of esters is 4. The number of rotatable bonds is 63. The van der Waals surface area contributed by atoms with Gasteiger partial charge in [0.2, 0.25) is 0 Å². The summed E-state index contributed by atoms with van der Waals surface area (Å²) in [5.41, 5.74) is 0. The third-order valence-electron chi connectivity index (χ3n) is 14.4. The molecular weight excluding hydrogens is 1080 g/mol. The Morgan fingerprint density at radius 3 is 0.728 bits per heavy atom. The third-order valence-corrected chi connectivity index (χ3v) is 16.3. The average Bonchev–Trinajstić information content (AvgIpc) is 3.44. The number of carbonyl (C=O) groups is 4. The first-order valence-electron chi connectivity index (χ1n) is 32.8.